The van der Waals surface area contributed by atoms with Crippen molar-refractivity contribution in [1.29, 1.82) is 5.26 Å². The van der Waals surface area contributed by atoms with Crippen molar-refractivity contribution in [3.05, 3.63) is 249 Å². The summed E-state index contributed by atoms with van der Waals surface area (Å²) in [6.45, 7) is 9.66. The Morgan fingerprint density at radius 3 is 1.26 bits per heavy atom. The molecule has 0 saturated carbocycles. The number of anilines is 4. The molecule has 0 aliphatic carbocycles. The number of carbonyl (C=O) groups excluding carboxylic acids is 10. The van der Waals surface area contributed by atoms with Crippen molar-refractivity contribution in [2.24, 2.45) is 0 Å². The van der Waals surface area contributed by atoms with Crippen LogP contribution in [-0.4, -0.2) is 224 Å². The van der Waals surface area contributed by atoms with Crippen molar-refractivity contribution in [2.75, 3.05) is 91.7 Å². The van der Waals surface area contributed by atoms with E-state index in [-0.39, 0.29) is 111 Å². The number of piperidine rings is 3. The molecule has 3 unspecified atom stereocenters. The lowest BCUT2D eigenvalue weighted by Crippen LogP contribution is -2.52. The minimum atomic E-state index is -1.23. The molecule has 6 aromatic heterocycles. The number of carbonyl (C=O) groups is 11. The molecule has 0 spiro atoms. The van der Waals surface area contributed by atoms with Gasteiger partial charge in [0.2, 0.25) is 35.4 Å². The minimum absolute atomic E-state index is 0. The number of aliphatic hydroxyl groups is 1. The molecule has 10 aliphatic rings. The van der Waals surface area contributed by atoms with E-state index in [0.717, 1.165) is 139 Å². The van der Waals surface area contributed by atoms with Crippen LogP contribution in [0.3, 0.4) is 0 Å². The number of aliphatic hydroxyl groups excluding tert-OH is 1. The number of benzene rings is 5. The maximum Gasteiger partial charge on any atom is 0.382 e. The van der Waals surface area contributed by atoms with Gasteiger partial charge >= 0.3 is 5.97 Å². The minimum Gasteiger partial charge on any atom is -0.472 e. The van der Waals surface area contributed by atoms with Gasteiger partial charge in [-0.2, -0.15) is 5.26 Å². The fourth-order valence-electron chi connectivity index (χ4n) is 18.5. The van der Waals surface area contributed by atoms with E-state index in [1.54, 1.807) is 96.0 Å². The highest BCUT2D eigenvalue weighted by Gasteiger charge is 2.43. The summed E-state index contributed by atoms with van der Waals surface area (Å²) < 4.78 is 31.6. The molecule has 11 aromatic rings. The topological polar surface area (TPSA) is 412 Å². The molecule has 0 bridgehead atoms. The Balaban J connectivity index is 0.000000141. The Labute approximate surface area is 786 Å². The molecule has 10 aliphatic heterocycles. The SMILES string of the molecule is C.CC#N.Fc1cccc([C@H]2CCCN2c2ccc3ncc(-c4cccc(N5CCNCC5)n4)n3n2)c1.O=C(O)C#Cc1ccc2c(c1)CN(C1CCC(=O)NC1=O)C2=O.O=C1CCC(N2Cc3cc(C#CC(=O)N4CCN(c5cccc(-c6cnc7ccc(N8CCC[C@@H]8c8cccc(F)c8)nn67)n5)CC4)ccc3C2=O)C(=O)N1.O=C1CCC(N2Cc3cc(C#CCO)ccc3C2=O)C(=O)N1. The van der Waals surface area contributed by atoms with Crippen LogP contribution in [0.4, 0.5) is 32.1 Å². The van der Waals surface area contributed by atoms with Crippen molar-refractivity contribution in [3.8, 4) is 64.4 Å². The fraction of sp³-hybridized carbons (Fsp3) is 0.307. The normalized spacial score (nSPS) is 19.1. The molecular weight excluding hydrogens is 1750 g/mol. The number of hydrogen-bond donors (Lipinski definition) is 6. The molecule has 137 heavy (non-hydrogen) atoms. The zero-order valence-electron chi connectivity index (χ0n) is 73.8. The number of aliphatic carboxylic acids is 1. The number of pyridine rings is 2. The predicted octanol–water partition coefficient (Wildman–Crippen LogP) is 8.26. The smallest absolute Gasteiger partial charge is 0.382 e. The zero-order chi connectivity index (χ0) is 94.8. The molecule has 5 atom stereocenters. The second-order valence-electron chi connectivity index (χ2n) is 33.6. The fourth-order valence-corrected chi connectivity index (χ4v) is 18.5. The first-order chi connectivity index (χ1) is 66.0. The first-order valence-corrected chi connectivity index (χ1v) is 44.7. The van der Waals surface area contributed by atoms with E-state index in [2.05, 4.69) is 86.5 Å². The third kappa shape index (κ3) is 20.8. The van der Waals surface area contributed by atoms with Crippen LogP contribution in [0, 0.1) is 58.5 Å². The summed E-state index contributed by atoms with van der Waals surface area (Å²) in [5.74, 6) is 14.0. The number of nitriles is 1. The Morgan fingerprint density at radius 1 is 0.453 bits per heavy atom. The largest absolute Gasteiger partial charge is 0.472 e. The molecule has 34 nitrogen and oxygen atoms in total. The third-order valence-corrected chi connectivity index (χ3v) is 25.1. The second kappa shape index (κ2) is 41.8. The van der Waals surface area contributed by atoms with Crippen molar-refractivity contribution in [3.63, 3.8) is 0 Å². The van der Waals surface area contributed by atoms with Crippen molar-refractivity contribution in [2.45, 2.75) is 128 Å². The molecule has 5 aromatic carbocycles. The number of nitrogens with zero attached hydrogens (tertiary/aromatic N) is 17. The number of amides is 10. The summed E-state index contributed by atoms with van der Waals surface area (Å²) in [4.78, 5) is 166. The van der Waals surface area contributed by atoms with E-state index in [4.69, 9.17) is 35.6 Å². The molecule has 16 heterocycles. The Bertz CT molecular complexity index is 6890. The van der Waals surface area contributed by atoms with E-state index < -0.39 is 41.8 Å². The van der Waals surface area contributed by atoms with E-state index in [1.165, 1.54) is 33.8 Å². The molecule has 696 valence electrons. The molecule has 10 amide bonds. The maximum atomic E-state index is 14.1. The van der Waals surface area contributed by atoms with Gasteiger partial charge in [-0.15, -0.1) is 10.2 Å². The number of imidazole rings is 2. The summed E-state index contributed by atoms with van der Waals surface area (Å²) in [7, 11) is 0. The highest BCUT2D eigenvalue weighted by molar-refractivity contribution is 6.08. The van der Waals surface area contributed by atoms with Gasteiger partial charge in [-0.25, -0.2) is 42.5 Å². The van der Waals surface area contributed by atoms with Crippen LogP contribution in [-0.2, 0) is 58.0 Å². The van der Waals surface area contributed by atoms with Gasteiger partial charge < -0.3 is 54.7 Å². The molecule has 36 heteroatoms. The highest BCUT2D eigenvalue weighted by Crippen LogP contribution is 2.40. The zero-order valence-corrected chi connectivity index (χ0v) is 73.8. The first kappa shape index (κ1) is 93.8. The van der Waals surface area contributed by atoms with Crippen LogP contribution in [0.15, 0.2) is 176 Å². The summed E-state index contributed by atoms with van der Waals surface area (Å²) in [5, 5.41) is 44.7. The molecule has 0 radical (unpaired) electrons. The van der Waals surface area contributed by atoms with Crippen molar-refractivity contribution < 1.29 is 71.7 Å². The second-order valence-corrected chi connectivity index (χ2v) is 33.6. The summed E-state index contributed by atoms with van der Waals surface area (Å²) in [5.41, 5.74) is 12.2. The van der Waals surface area contributed by atoms with E-state index in [9.17, 15) is 61.5 Å². The summed E-state index contributed by atoms with van der Waals surface area (Å²) >= 11 is 0. The summed E-state index contributed by atoms with van der Waals surface area (Å²) in [6, 6.07) is 48.7. The standard InChI is InChI=1S/C41H36FN9O4.C25H26FN7.C16H12N2O5.C16H14N2O4.C2H3N.CH4/c42-29-5-1-4-27(23-29)32-7-3-17-49(32)37-14-13-35-43-24-34(51(35)46-37)31-6-2-8-36(44-31)47-18-20-48(21-19-47)39(53)16-10-26-9-11-30-28(22-26)25-50(41(30)55)33-12-15-38(52)45-40(33)54;26-19-5-1-4-18(16-19)21-7-3-13-32(21)25-10-9-23-28-17-22(33(23)30-25)20-6-2-8-24(29-20)31-14-11-27-12-15-31;19-13-5-4-12(15(22)17-13)18-8-10-7-9(2-6-14(20)21)1-3-11(10)16(18)23;19-7-1-2-10-3-4-12-11(8-10)9-18(16(12)22)13-5-6-14(20)17-15(13)21;1-2-3;/h1-2,4-6,8-9,11,13-14,22-24,32-33H,3,7,12,15,17-21,25H2,(H,45,52,54);1-2,4-6,8-10,16-17,21,27H,3,7,11-15H2;1,3,7,12H,4-5,8H2,(H,20,21)(H,17,19,22);3-4,8,13,19H,5-7,9H2,(H,17,20,21);1H3;1H4/t32-,33?;21-;;;;/m11..../s1. The highest BCUT2D eigenvalue weighted by atomic mass is 19.1. The van der Waals surface area contributed by atoms with E-state index in [1.807, 2.05) is 87.9 Å². The van der Waals surface area contributed by atoms with Gasteiger partial charge in [-0.3, -0.25) is 63.9 Å². The van der Waals surface area contributed by atoms with Crippen LogP contribution in [0.5, 0.6) is 0 Å². The van der Waals surface area contributed by atoms with Gasteiger partial charge in [0.25, 0.3) is 23.6 Å². The van der Waals surface area contributed by atoms with Gasteiger partial charge in [0.1, 0.15) is 71.0 Å². The van der Waals surface area contributed by atoms with Gasteiger partial charge in [0.05, 0.1) is 41.9 Å². The van der Waals surface area contributed by atoms with Crippen molar-refractivity contribution in [1.82, 2.24) is 80.0 Å². The molecule has 7 saturated heterocycles. The number of rotatable bonds is 11. The predicted molar refractivity (Wildman–Crippen MR) is 499 cm³/mol. The lowest BCUT2D eigenvalue weighted by atomic mass is 10.0. The lowest BCUT2D eigenvalue weighted by Gasteiger charge is -2.34. The first-order valence-electron chi connectivity index (χ1n) is 44.7. The van der Waals surface area contributed by atoms with E-state index >= 15 is 0 Å². The van der Waals surface area contributed by atoms with Crippen LogP contribution >= 0.6 is 0 Å². The number of piperazine rings is 2. The van der Waals surface area contributed by atoms with Crippen LogP contribution in [0.2, 0.25) is 0 Å². The Hall–Kier alpha value is -16.4. The molecule has 6 N–H and O–H groups in total. The Kier molecular flexibility index (Phi) is 28.6. The lowest BCUT2D eigenvalue weighted by molar-refractivity contribution is -0.138. The van der Waals surface area contributed by atoms with E-state index in [0.29, 0.717) is 96.6 Å². The number of carboxylic acid groups (broad SMARTS) is 1. The van der Waals surface area contributed by atoms with Gasteiger partial charge in [0, 0.05) is 156 Å². The number of hydrogen-bond acceptors (Lipinski definition) is 24. The van der Waals surface area contributed by atoms with Gasteiger partial charge in [-0.1, -0.05) is 67.5 Å². The number of imide groups is 3. The number of nitrogens with one attached hydrogen (secondary N) is 4. The number of halogens is 2. The third-order valence-electron chi connectivity index (χ3n) is 25.1. The van der Waals surface area contributed by atoms with Gasteiger partial charge in [0.15, 0.2) is 11.3 Å². The maximum absolute atomic E-state index is 14.1. The number of carboxylic acids is 1. The van der Waals surface area contributed by atoms with Gasteiger partial charge in [-0.05, 0) is 200 Å². The van der Waals surface area contributed by atoms with Crippen LogP contribution in [0.25, 0.3) is 34.1 Å². The van der Waals surface area contributed by atoms with Crippen LogP contribution in [0.1, 0.15) is 166 Å². The molecule has 7 fully saturated rings. The van der Waals surface area contributed by atoms with Crippen molar-refractivity contribution >= 4 is 99.6 Å². The molecule has 21 rings (SSSR count). The quantitative estimate of drug-likeness (QED) is 0.0524. The monoisotopic (exact) mass is 1850 g/mol. The summed E-state index contributed by atoms with van der Waals surface area (Å²) in [6.07, 6.45) is 9.11. The van der Waals surface area contributed by atoms with Crippen LogP contribution < -0.4 is 40.9 Å². The number of fused-ring (bicyclic) bond motifs is 5. The Morgan fingerprint density at radius 2 is 0.854 bits per heavy atom. The average molecular weight is 1850 g/mol. The molecular formula is C101H95F2N21O13. The average Bonchev–Trinajstić information content (AvgIpc) is 1.65. The number of aromatic nitrogens is 8.